The number of fused-ring (bicyclic) bond motifs is 2. The number of nitrogens with one attached hydrogen (secondary N) is 1. The first-order chi connectivity index (χ1) is 15.8. The number of aromatic amines is 1. The number of aromatic nitrogens is 3. The van der Waals surface area contributed by atoms with Gasteiger partial charge in [-0.15, -0.1) is 0 Å². The van der Waals surface area contributed by atoms with E-state index in [9.17, 15) is 9.90 Å². The summed E-state index contributed by atoms with van der Waals surface area (Å²) in [6.07, 6.45) is 3.89. The molecule has 0 unspecified atom stereocenters. The molecule has 33 heavy (non-hydrogen) atoms. The molecule has 1 aliphatic heterocycles. The quantitative estimate of drug-likeness (QED) is 0.483. The summed E-state index contributed by atoms with van der Waals surface area (Å²) >= 11 is 0. The van der Waals surface area contributed by atoms with Gasteiger partial charge in [-0.2, -0.15) is 0 Å². The van der Waals surface area contributed by atoms with Gasteiger partial charge in [-0.25, -0.2) is 14.4 Å². The van der Waals surface area contributed by atoms with E-state index in [-0.39, 0.29) is 23.3 Å². The number of nitrogens with zero attached hydrogens (tertiary/aromatic N) is 3. The van der Waals surface area contributed by atoms with E-state index >= 15 is 4.39 Å². The molecule has 9 heteroatoms. The minimum Gasteiger partial charge on any atom is -0.455 e. The Hall–Kier alpha value is -3.46. The third kappa shape index (κ3) is 3.18. The average molecular weight is 450 g/mol. The number of hydrogen-bond acceptors (Lipinski definition) is 6. The second-order valence-electron chi connectivity index (χ2n) is 9.26. The van der Waals surface area contributed by atoms with E-state index in [1.165, 1.54) is 4.90 Å². The van der Waals surface area contributed by atoms with Crippen molar-refractivity contribution in [2.75, 3.05) is 6.54 Å². The lowest BCUT2D eigenvalue weighted by molar-refractivity contribution is 0.0437. The molecule has 1 aromatic carbocycles. The maximum atomic E-state index is 15.5. The molecule has 1 atom stereocenters. The summed E-state index contributed by atoms with van der Waals surface area (Å²) in [4.78, 5) is 27.3. The van der Waals surface area contributed by atoms with Crippen LogP contribution in [0.25, 0.3) is 11.0 Å². The number of carbonyl (C=O) groups excluding carboxylic acids is 1. The van der Waals surface area contributed by atoms with Gasteiger partial charge in [0.2, 0.25) is 11.7 Å². The summed E-state index contributed by atoms with van der Waals surface area (Å²) in [5.41, 5.74) is 1.00. The molecule has 6 rings (SSSR count). The highest BCUT2D eigenvalue weighted by Gasteiger charge is 2.43. The normalized spacial score (nSPS) is 18.7. The smallest absolute Gasteiger partial charge is 0.292 e. The Kier molecular flexibility index (Phi) is 4.29. The Balaban J connectivity index is 1.48. The first-order valence-electron chi connectivity index (χ1n) is 11.1. The van der Waals surface area contributed by atoms with Crippen molar-refractivity contribution in [2.45, 2.75) is 50.7 Å². The number of hydrogen-bond donors (Lipinski definition) is 2. The molecule has 1 saturated carbocycles. The van der Waals surface area contributed by atoms with Crippen LogP contribution in [0.5, 0.6) is 0 Å². The number of amides is 1. The summed E-state index contributed by atoms with van der Waals surface area (Å²) in [5, 5.41) is 10.8. The Morgan fingerprint density at radius 1 is 1.24 bits per heavy atom. The number of aliphatic hydroxyl groups is 1. The molecule has 4 aromatic rings. The number of furan rings is 1. The second kappa shape index (κ2) is 7.02. The van der Waals surface area contributed by atoms with Gasteiger partial charge in [0, 0.05) is 24.6 Å². The second-order valence-corrected chi connectivity index (χ2v) is 9.26. The van der Waals surface area contributed by atoms with Crippen molar-refractivity contribution in [3.63, 3.8) is 0 Å². The van der Waals surface area contributed by atoms with Gasteiger partial charge >= 0.3 is 0 Å². The van der Waals surface area contributed by atoms with Gasteiger partial charge in [-0.3, -0.25) is 4.79 Å². The summed E-state index contributed by atoms with van der Waals surface area (Å²) < 4.78 is 27.2. The maximum absolute atomic E-state index is 15.5. The van der Waals surface area contributed by atoms with Crippen LogP contribution in [-0.4, -0.2) is 37.4 Å². The number of carbonyl (C=O) groups is 1. The predicted octanol–water partition coefficient (Wildman–Crippen LogP) is 4.18. The molecule has 0 saturated heterocycles. The van der Waals surface area contributed by atoms with E-state index in [0.29, 0.717) is 35.3 Å². The monoisotopic (exact) mass is 450 g/mol. The SMILES string of the molecule is CC(C)(O)c1nc(C2CC2)c(C(=O)N2CCc3[nH]cnc3[C@H]2c2oc3ccccc3c2F)o1. The fourth-order valence-corrected chi connectivity index (χ4v) is 4.48. The summed E-state index contributed by atoms with van der Waals surface area (Å²) in [6, 6.07) is 5.99. The number of rotatable bonds is 4. The molecule has 1 aliphatic carbocycles. The molecule has 0 radical (unpaired) electrons. The van der Waals surface area contributed by atoms with Crippen LogP contribution in [0.15, 0.2) is 39.4 Å². The molecule has 4 heterocycles. The summed E-state index contributed by atoms with van der Waals surface area (Å²) in [7, 11) is 0. The van der Waals surface area contributed by atoms with Crippen molar-refractivity contribution in [1.82, 2.24) is 19.9 Å². The molecular weight excluding hydrogens is 427 g/mol. The Labute approximate surface area is 188 Å². The molecule has 3 aromatic heterocycles. The van der Waals surface area contributed by atoms with Crippen LogP contribution in [-0.2, 0) is 12.0 Å². The third-order valence-electron chi connectivity index (χ3n) is 6.33. The summed E-state index contributed by atoms with van der Waals surface area (Å²) in [5.74, 6) is -0.588. The van der Waals surface area contributed by atoms with Crippen molar-refractivity contribution < 1.29 is 23.1 Å². The molecule has 1 fully saturated rings. The van der Waals surface area contributed by atoms with Gasteiger partial charge in [0.15, 0.2) is 11.6 Å². The van der Waals surface area contributed by atoms with Crippen molar-refractivity contribution in [3.8, 4) is 0 Å². The fourth-order valence-electron chi connectivity index (χ4n) is 4.48. The number of oxazole rings is 1. The van der Waals surface area contributed by atoms with Gasteiger partial charge in [0.25, 0.3) is 5.91 Å². The molecule has 8 nitrogen and oxygen atoms in total. The highest BCUT2D eigenvalue weighted by atomic mass is 19.1. The highest BCUT2D eigenvalue weighted by Crippen LogP contribution is 2.44. The van der Waals surface area contributed by atoms with E-state index in [1.54, 1.807) is 44.4 Å². The van der Waals surface area contributed by atoms with Gasteiger partial charge in [-0.05, 0) is 38.8 Å². The third-order valence-corrected chi connectivity index (χ3v) is 6.33. The van der Waals surface area contributed by atoms with Crippen LogP contribution in [0.4, 0.5) is 4.39 Å². The van der Waals surface area contributed by atoms with Crippen molar-refractivity contribution >= 4 is 16.9 Å². The summed E-state index contributed by atoms with van der Waals surface area (Å²) in [6.45, 7) is 3.44. The number of imidazole rings is 1. The Morgan fingerprint density at radius 3 is 2.76 bits per heavy atom. The zero-order valence-electron chi connectivity index (χ0n) is 18.3. The predicted molar refractivity (Wildman–Crippen MR) is 115 cm³/mol. The van der Waals surface area contributed by atoms with Gasteiger partial charge in [-0.1, -0.05) is 12.1 Å². The van der Waals surface area contributed by atoms with Crippen molar-refractivity contribution in [2.24, 2.45) is 0 Å². The largest absolute Gasteiger partial charge is 0.455 e. The fraction of sp³-hybridized carbons (Fsp3) is 0.375. The number of halogens is 1. The zero-order valence-corrected chi connectivity index (χ0v) is 18.3. The first kappa shape index (κ1) is 20.2. The van der Waals surface area contributed by atoms with Gasteiger partial charge in [0.1, 0.15) is 17.2 Å². The van der Waals surface area contributed by atoms with Crippen LogP contribution in [0.3, 0.4) is 0 Å². The number of para-hydroxylation sites is 1. The lowest BCUT2D eigenvalue weighted by atomic mass is 9.99. The number of benzene rings is 1. The maximum Gasteiger partial charge on any atom is 0.292 e. The Morgan fingerprint density at radius 2 is 2.03 bits per heavy atom. The van der Waals surface area contributed by atoms with Crippen LogP contribution in [0, 0.1) is 5.82 Å². The Bertz CT molecular complexity index is 1370. The van der Waals surface area contributed by atoms with Crippen LogP contribution < -0.4 is 0 Å². The highest BCUT2D eigenvalue weighted by molar-refractivity contribution is 5.93. The average Bonchev–Trinajstić information content (AvgIpc) is 3.21. The van der Waals surface area contributed by atoms with E-state index in [2.05, 4.69) is 15.0 Å². The van der Waals surface area contributed by atoms with E-state index < -0.39 is 23.4 Å². The molecule has 2 aliphatic rings. The minimum absolute atomic E-state index is 0.0350. The van der Waals surface area contributed by atoms with E-state index in [0.717, 1.165) is 18.5 Å². The first-order valence-corrected chi connectivity index (χ1v) is 11.1. The van der Waals surface area contributed by atoms with Crippen molar-refractivity contribution in [1.29, 1.82) is 0 Å². The van der Waals surface area contributed by atoms with Crippen LogP contribution in [0.1, 0.15) is 77.9 Å². The molecule has 0 spiro atoms. The molecule has 2 N–H and O–H groups in total. The molecule has 170 valence electrons. The molecule has 1 amide bonds. The molecule has 0 bridgehead atoms. The molecular formula is C24H23FN4O4. The van der Waals surface area contributed by atoms with Gasteiger partial charge in [0.05, 0.1) is 23.1 Å². The standard InChI is InChI=1S/C24H23FN4O4/c1-24(2,31)23-28-17(12-7-8-12)21(33-23)22(30)29-10-9-14-18(27-11-26-14)19(29)20-16(25)13-5-3-4-6-15(13)32-20/h3-6,11-12,19,31H,7-10H2,1-2H3,(H,26,27)/t19-/m0/s1. The van der Waals surface area contributed by atoms with Crippen molar-refractivity contribution in [3.05, 3.63) is 70.9 Å². The minimum atomic E-state index is -1.33. The van der Waals surface area contributed by atoms with Gasteiger partial charge < -0.3 is 23.8 Å². The number of H-pyrrole nitrogens is 1. The van der Waals surface area contributed by atoms with E-state index in [1.807, 2.05) is 0 Å². The van der Waals surface area contributed by atoms with E-state index in [4.69, 9.17) is 8.83 Å². The topological polar surface area (TPSA) is 108 Å². The van der Waals surface area contributed by atoms with Crippen LogP contribution >= 0.6 is 0 Å². The van der Waals surface area contributed by atoms with Crippen LogP contribution in [0.2, 0.25) is 0 Å². The lowest BCUT2D eigenvalue weighted by Crippen LogP contribution is -2.41. The zero-order chi connectivity index (χ0) is 22.9. The lowest BCUT2D eigenvalue weighted by Gasteiger charge is -2.33.